The van der Waals surface area contributed by atoms with Gasteiger partial charge in [0, 0.05) is 6.07 Å². The van der Waals surface area contributed by atoms with Gasteiger partial charge in [-0.2, -0.15) is 0 Å². The van der Waals surface area contributed by atoms with Crippen molar-refractivity contribution in [2.24, 2.45) is 0 Å². The Morgan fingerprint density at radius 1 is 1.07 bits per heavy atom. The molecule has 0 aliphatic carbocycles. The van der Waals surface area contributed by atoms with E-state index in [2.05, 4.69) is 5.32 Å². The van der Waals surface area contributed by atoms with Crippen LogP contribution in [0.2, 0.25) is 0 Å². The average Bonchev–Trinajstić information content (AvgIpc) is 2.63. The van der Waals surface area contributed by atoms with E-state index in [1.807, 2.05) is 19.9 Å². The van der Waals surface area contributed by atoms with E-state index in [0.29, 0.717) is 22.9 Å². The van der Waals surface area contributed by atoms with Gasteiger partial charge < -0.3 is 14.8 Å². The van der Waals surface area contributed by atoms with Crippen molar-refractivity contribution in [2.45, 2.75) is 33.2 Å². The van der Waals surface area contributed by atoms with Gasteiger partial charge in [0.25, 0.3) is 0 Å². The SMILES string of the molecule is CC[C@@H](C(=O)Nc1cc(OC)ccc1OC)N(c1cc(C)cc(C)c1)S(C)(=O)=O. The number of ether oxygens (including phenoxy) is 2. The lowest BCUT2D eigenvalue weighted by molar-refractivity contribution is -0.117. The molecule has 0 radical (unpaired) electrons. The van der Waals surface area contributed by atoms with Crippen molar-refractivity contribution < 1.29 is 22.7 Å². The molecule has 2 rings (SSSR count). The highest BCUT2D eigenvalue weighted by atomic mass is 32.2. The number of hydrogen-bond acceptors (Lipinski definition) is 5. The van der Waals surface area contributed by atoms with Crippen LogP contribution in [0.25, 0.3) is 0 Å². The number of aryl methyl sites for hydroxylation is 2. The first-order valence-corrected chi connectivity index (χ1v) is 11.1. The Morgan fingerprint density at radius 2 is 1.69 bits per heavy atom. The van der Waals surface area contributed by atoms with Crippen molar-refractivity contribution in [1.82, 2.24) is 0 Å². The van der Waals surface area contributed by atoms with Crippen molar-refractivity contribution in [3.63, 3.8) is 0 Å². The quantitative estimate of drug-likeness (QED) is 0.706. The molecule has 0 aromatic heterocycles. The zero-order valence-corrected chi connectivity index (χ0v) is 18.5. The summed E-state index contributed by atoms with van der Waals surface area (Å²) >= 11 is 0. The summed E-state index contributed by atoms with van der Waals surface area (Å²) in [7, 11) is -0.697. The summed E-state index contributed by atoms with van der Waals surface area (Å²) in [5.41, 5.74) is 2.70. The number of carbonyl (C=O) groups is 1. The lowest BCUT2D eigenvalue weighted by Gasteiger charge is -2.30. The van der Waals surface area contributed by atoms with Crippen molar-refractivity contribution in [3.05, 3.63) is 47.5 Å². The van der Waals surface area contributed by atoms with Gasteiger partial charge in [0.1, 0.15) is 17.5 Å². The van der Waals surface area contributed by atoms with Gasteiger partial charge in [-0.1, -0.05) is 13.0 Å². The molecular weight excluding hydrogens is 392 g/mol. The third-order valence-corrected chi connectivity index (χ3v) is 5.64. The summed E-state index contributed by atoms with van der Waals surface area (Å²) in [5.74, 6) is 0.540. The predicted molar refractivity (Wildman–Crippen MR) is 115 cm³/mol. The maximum atomic E-state index is 13.1. The smallest absolute Gasteiger partial charge is 0.248 e. The minimum absolute atomic E-state index is 0.290. The maximum absolute atomic E-state index is 13.1. The Bertz CT molecular complexity index is 968. The zero-order chi connectivity index (χ0) is 21.8. The van der Waals surface area contributed by atoms with Gasteiger partial charge in [0.05, 0.1) is 31.9 Å². The molecule has 0 unspecified atom stereocenters. The van der Waals surface area contributed by atoms with Crippen LogP contribution in [0, 0.1) is 13.8 Å². The van der Waals surface area contributed by atoms with E-state index < -0.39 is 22.0 Å². The fourth-order valence-electron chi connectivity index (χ4n) is 3.27. The van der Waals surface area contributed by atoms with Crippen molar-refractivity contribution in [3.8, 4) is 11.5 Å². The number of nitrogens with one attached hydrogen (secondary N) is 1. The van der Waals surface area contributed by atoms with Crippen LogP contribution in [-0.4, -0.2) is 40.8 Å². The Balaban J connectivity index is 2.47. The molecule has 2 aromatic carbocycles. The number of carbonyl (C=O) groups excluding carboxylic acids is 1. The van der Waals surface area contributed by atoms with Crippen molar-refractivity contribution in [1.29, 1.82) is 0 Å². The van der Waals surface area contributed by atoms with Gasteiger partial charge in [-0.3, -0.25) is 9.10 Å². The summed E-state index contributed by atoms with van der Waals surface area (Å²) in [6, 6.07) is 9.56. The van der Waals surface area contributed by atoms with Crippen LogP contribution in [0.5, 0.6) is 11.5 Å². The predicted octanol–water partition coefficient (Wildman–Crippen LogP) is 3.50. The average molecular weight is 421 g/mol. The van der Waals surface area contributed by atoms with E-state index in [4.69, 9.17) is 9.47 Å². The zero-order valence-electron chi connectivity index (χ0n) is 17.6. The van der Waals surface area contributed by atoms with Gasteiger partial charge in [-0.25, -0.2) is 8.42 Å². The first-order valence-electron chi connectivity index (χ1n) is 9.21. The Morgan fingerprint density at radius 3 is 2.17 bits per heavy atom. The molecule has 1 amide bonds. The normalized spacial score (nSPS) is 12.2. The maximum Gasteiger partial charge on any atom is 0.248 e. The third kappa shape index (κ3) is 5.41. The molecule has 0 aliphatic rings. The molecule has 7 nitrogen and oxygen atoms in total. The lowest BCUT2D eigenvalue weighted by Crippen LogP contribution is -2.47. The highest BCUT2D eigenvalue weighted by Crippen LogP contribution is 2.30. The molecule has 0 heterocycles. The lowest BCUT2D eigenvalue weighted by atomic mass is 10.1. The first-order chi connectivity index (χ1) is 13.6. The Hall–Kier alpha value is -2.74. The van der Waals surface area contributed by atoms with Crippen LogP contribution in [0.4, 0.5) is 11.4 Å². The fourth-order valence-corrected chi connectivity index (χ4v) is 4.46. The van der Waals surface area contributed by atoms with Gasteiger partial charge in [-0.15, -0.1) is 0 Å². The van der Waals surface area contributed by atoms with Crippen LogP contribution < -0.4 is 19.1 Å². The molecule has 0 saturated carbocycles. The number of amides is 1. The van der Waals surface area contributed by atoms with Crippen LogP contribution in [-0.2, 0) is 14.8 Å². The number of anilines is 2. The van der Waals surface area contributed by atoms with E-state index in [9.17, 15) is 13.2 Å². The number of hydrogen-bond donors (Lipinski definition) is 1. The standard InChI is InChI=1S/C21H28N2O5S/c1-7-19(21(24)22-18-13-17(27-4)8-9-20(18)28-5)23(29(6,25)26)16-11-14(2)10-15(3)12-16/h8-13,19H,7H2,1-6H3,(H,22,24)/t19-/m0/s1. The summed E-state index contributed by atoms with van der Waals surface area (Å²) in [4.78, 5) is 13.1. The van der Waals surface area contributed by atoms with Gasteiger partial charge in [-0.05, 0) is 55.7 Å². The summed E-state index contributed by atoms with van der Waals surface area (Å²) in [6.07, 6.45) is 1.39. The summed E-state index contributed by atoms with van der Waals surface area (Å²) in [6.45, 7) is 5.55. The fraction of sp³-hybridized carbons (Fsp3) is 0.381. The molecule has 1 N–H and O–H groups in total. The third-order valence-electron chi connectivity index (χ3n) is 4.46. The van der Waals surface area contributed by atoms with E-state index in [1.165, 1.54) is 18.5 Å². The van der Waals surface area contributed by atoms with Gasteiger partial charge >= 0.3 is 0 Å². The minimum Gasteiger partial charge on any atom is -0.497 e. The second-order valence-corrected chi connectivity index (χ2v) is 8.74. The molecule has 1 atom stereocenters. The Labute approximate surface area is 172 Å². The summed E-state index contributed by atoms with van der Waals surface area (Å²) in [5, 5.41) is 2.79. The topological polar surface area (TPSA) is 84.9 Å². The van der Waals surface area contributed by atoms with Crippen LogP contribution >= 0.6 is 0 Å². The molecule has 0 spiro atoms. The number of benzene rings is 2. The molecule has 158 valence electrons. The molecular formula is C21H28N2O5S. The largest absolute Gasteiger partial charge is 0.497 e. The van der Waals surface area contributed by atoms with E-state index in [-0.39, 0.29) is 6.42 Å². The monoisotopic (exact) mass is 420 g/mol. The number of rotatable bonds is 8. The highest BCUT2D eigenvalue weighted by molar-refractivity contribution is 7.92. The van der Waals surface area contributed by atoms with E-state index >= 15 is 0 Å². The minimum atomic E-state index is -3.71. The molecule has 8 heteroatoms. The molecule has 2 aromatic rings. The number of methoxy groups -OCH3 is 2. The van der Waals surface area contributed by atoms with Crippen molar-refractivity contribution >= 4 is 27.3 Å². The van der Waals surface area contributed by atoms with Crippen LogP contribution in [0.3, 0.4) is 0 Å². The molecule has 0 fully saturated rings. The van der Waals surface area contributed by atoms with Gasteiger partial charge in [0.2, 0.25) is 15.9 Å². The molecule has 0 bridgehead atoms. The summed E-state index contributed by atoms with van der Waals surface area (Å²) < 4.78 is 37.0. The van der Waals surface area contributed by atoms with Crippen molar-refractivity contribution in [2.75, 3.05) is 30.1 Å². The van der Waals surface area contributed by atoms with Crippen LogP contribution in [0.15, 0.2) is 36.4 Å². The molecule has 0 saturated heterocycles. The van der Waals surface area contributed by atoms with Crippen LogP contribution in [0.1, 0.15) is 24.5 Å². The second-order valence-electron chi connectivity index (χ2n) is 6.88. The second kappa shape index (κ2) is 9.17. The van der Waals surface area contributed by atoms with Gasteiger partial charge in [0.15, 0.2) is 0 Å². The van der Waals surface area contributed by atoms with E-state index in [1.54, 1.807) is 37.3 Å². The Kier molecular flexibility index (Phi) is 7.13. The molecule has 0 aliphatic heterocycles. The van der Waals surface area contributed by atoms with E-state index in [0.717, 1.165) is 17.4 Å². The first kappa shape index (κ1) is 22.5. The highest BCUT2D eigenvalue weighted by Gasteiger charge is 2.32. The molecule has 29 heavy (non-hydrogen) atoms. The number of sulfonamides is 1. The number of nitrogens with zero attached hydrogens (tertiary/aromatic N) is 1.